The Labute approximate surface area is 206 Å². The van der Waals surface area contributed by atoms with Crippen LogP contribution in [0.15, 0.2) is 77.8 Å². The van der Waals surface area contributed by atoms with Gasteiger partial charge >= 0.3 is 0 Å². The van der Waals surface area contributed by atoms with Crippen molar-refractivity contribution >= 4 is 62.2 Å². The van der Waals surface area contributed by atoms with E-state index in [1.807, 2.05) is 54.6 Å². The third-order valence-electron chi connectivity index (χ3n) is 6.88. The van der Waals surface area contributed by atoms with E-state index in [2.05, 4.69) is 15.9 Å². The predicted octanol–water partition coefficient (Wildman–Crippen LogP) is 5.16. The maximum atomic E-state index is 13.7. The van der Waals surface area contributed by atoms with Gasteiger partial charge in [-0.1, -0.05) is 42.5 Å². The van der Waals surface area contributed by atoms with Gasteiger partial charge in [-0.25, -0.2) is 12.4 Å². The smallest absolute Gasteiger partial charge is 0.268 e. The third kappa shape index (κ3) is 3.99. The molecule has 3 aromatic carbocycles. The van der Waals surface area contributed by atoms with Gasteiger partial charge in [-0.15, -0.1) is 24.8 Å². The Hall–Kier alpha value is -2.25. The van der Waals surface area contributed by atoms with Crippen LogP contribution in [-0.4, -0.2) is 49.5 Å². The van der Waals surface area contributed by atoms with Crippen molar-refractivity contribution in [3.63, 3.8) is 0 Å². The fraction of sp³-hybridized carbons (Fsp3) is 0.280. The van der Waals surface area contributed by atoms with E-state index in [4.69, 9.17) is 0 Å². The first-order valence-electron chi connectivity index (χ1n) is 10.9. The topological polar surface area (TPSA) is 45.6 Å². The molecule has 1 atom stereocenters. The van der Waals surface area contributed by atoms with Crippen LogP contribution in [0.5, 0.6) is 0 Å². The zero-order valence-corrected chi connectivity index (χ0v) is 20.6. The average molecular weight is 504 g/mol. The lowest BCUT2D eigenvalue weighted by molar-refractivity contribution is 0.231. The number of anilines is 1. The minimum absolute atomic E-state index is 0. The number of halogens is 2. The summed E-state index contributed by atoms with van der Waals surface area (Å²) in [6.07, 6.45) is 4.22. The van der Waals surface area contributed by atoms with Gasteiger partial charge in [0.15, 0.2) is 0 Å². The van der Waals surface area contributed by atoms with E-state index in [-0.39, 0.29) is 24.8 Å². The number of aromatic nitrogens is 1. The largest absolute Gasteiger partial charge is 0.369 e. The third-order valence-corrected chi connectivity index (χ3v) is 8.63. The van der Waals surface area contributed by atoms with Gasteiger partial charge in [0, 0.05) is 48.3 Å². The molecule has 0 aliphatic carbocycles. The van der Waals surface area contributed by atoms with E-state index >= 15 is 0 Å². The summed E-state index contributed by atoms with van der Waals surface area (Å²) in [5, 5.41) is 2.61. The summed E-state index contributed by atoms with van der Waals surface area (Å²) in [6, 6.07) is 21.8. The molecule has 33 heavy (non-hydrogen) atoms. The molecule has 5 nitrogen and oxygen atoms in total. The molecule has 2 aliphatic heterocycles. The summed E-state index contributed by atoms with van der Waals surface area (Å²) in [5.41, 5.74) is 1.84. The Morgan fingerprint density at radius 2 is 1.64 bits per heavy atom. The predicted molar refractivity (Wildman–Crippen MR) is 140 cm³/mol. The Kier molecular flexibility index (Phi) is 6.65. The van der Waals surface area contributed by atoms with Gasteiger partial charge in [-0.2, -0.15) is 0 Å². The molecule has 2 aliphatic rings. The van der Waals surface area contributed by atoms with Crippen molar-refractivity contribution in [2.45, 2.75) is 23.8 Å². The number of benzene rings is 3. The van der Waals surface area contributed by atoms with Crippen LogP contribution in [0, 0.1) is 0 Å². The van der Waals surface area contributed by atoms with Crippen LogP contribution < -0.4 is 4.90 Å². The Balaban J connectivity index is 0.00000130. The molecular formula is C25H27Cl2N3O2S. The van der Waals surface area contributed by atoms with Crippen LogP contribution in [0.3, 0.4) is 0 Å². The van der Waals surface area contributed by atoms with Crippen molar-refractivity contribution in [3.05, 3.63) is 72.9 Å². The zero-order chi connectivity index (χ0) is 21.0. The average Bonchev–Trinajstić information content (AvgIpc) is 3.44. The highest BCUT2D eigenvalue weighted by Gasteiger charge is 2.31. The Bertz CT molecular complexity index is 1400. The lowest BCUT2D eigenvalue weighted by Gasteiger charge is -2.38. The molecule has 6 rings (SSSR count). The summed E-state index contributed by atoms with van der Waals surface area (Å²) in [6.45, 7) is 4.29. The molecule has 2 saturated heterocycles. The van der Waals surface area contributed by atoms with Gasteiger partial charge in [-0.05, 0) is 49.0 Å². The van der Waals surface area contributed by atoms with E-state index in [0.717, 1.165) is 47.0 Å². The first kappa shape index (κ1) is 23.9. The van der Waals surface area contributed by atoms with E-state index in [1.54, 1.807) is 12.3 Å². The van der Waals surface area contributed by atoms with Gasteiger partial charge in [0.25, 0.3) is 10.0 Å². The number of hydrogen-bond acceptors (Lipinski definition) is 4. The molecule has 1 aromatic heterocycles. The molecule has 4 aromatic rings. The van der Waals surface area contributed by atoms with E-state index in [1.165, 1.54) is 23.4 Å². The van der Waals surface area contributed by atoms with Crippen molar-refractivity contribution in [2.24, 2.45) is 0 Å². The molecule has 0 saturated carbocycles. The summed E-state index contributed by atoms with van der Waals surface area (Å²) in [5.74, 6) is 0. The maximum Gasteiger partial charge on any atom is 0.268 e. The van der Waals surface area contributed by atoms with Crippen molar-refractivity contribution in [2.75, 3.05) is 31.1 Å². The van der Waals surface area contributed by atoms with E-state index in [9.17, 15) is 8.42 Å². The quantitative estimate of drug-likeness (QED) is 0.387. The molecule has 8 heteroatoms. The molecule has 2 fully saturated rings. The van der Waals surface area contributed by atoms with Crippen molar-refractivity contribution in [1.29, 1.82) is 0 Å². The number of hydrogen-bond donors (Lipinski definition) is 0. The number of rotatable bonds is 3. The van der Waals surface area contributed by atoms with Gasteiger partial charge in [0.1, 0.15) is 0 Å². The number of fused-ring (bicyclic) bond motifs is 3. The van der Waals surface area contributed by atoms with Crippen LogP contribution in [0.25, 0.3) is 21.7 Å². The second kappa shape index (κ2) is 9.18. The van der Waals surface area contributed by atoms with Crippen molar-refractivity contribution in [3.8, 4) is 0 Å². The molecule has 0 radical (unpaired) electrons. The molecule has 0 bridgehead atoms. The normalized spacial score (nSPS) is 18.7. The highest BCUT2D eigenvalue weighted by atomic mass is 35.5. The summed E-state index contributed by atoms with van der Waals surface area (Å²) in [7, 11) is -3.72. The van der Waals surface area contributed by atoms with Crippen LogP contribution in [0.2, 0.25) is 0 Å². The highest BCUT2D eigenvalue weighted by Crippen LogP contribution is 2.31. The summed E-state index contributed by atoms with van der Waals surface area (Å²) in [4.78, 5) is 5.34. The lowest BCUT2D eigenvalue weighted by Crippen LogP contribution is -2.50. The fourth-order valence-corrected chi connectivity index (χ4v) is 6.82. The van der Waals surface area contributed by atoms with Crippen molar-refractivity contribution in [1.82, 2.24) is 8.87 Å². The molecule has 0 N–H and O–H groups in total. The fourth-order valence-electron chi connectivity index (χ4n) is 5.25. The standard InChI is InChI=1S/C25H25N3O2S.2ClH/c29-31(30,25-9-3-6-19-5-1-2-8-23(19)25)28-14-12-20-10-11-21(17-24(20)28)27-16-15-26-13-4-7-22(26)18-27;;/h1-3,5-6,8-12,14,17,22H,4,7,13,15-16,18H2;2*1H. The second-order valence-electron chi connectivity index (χ2n) is 8.62. The number of piperazine rings is 1. The molecule has 3 heterocycles. The van der Waals surface area contributed by atoms with Gasteiger partial charge in [0.05, 0.1) is 10.4 Å². The van der Waals surface area contributed by atoms with E-state index in [0.29, 0.717) is 10.9 Å². The lowest BCUT2D eigenvalue weighted by atomic mass is 10.1. The second-order valence-corrected chi connectivity index (χ2v) is 10.4. The van der Waals surface area contributed by atoms with Crippen molar-refractivity contribution < 1.29 is 8.42 Å². The van der Waals surface area contributed by atoms with E-state index < -0.39 is 10.0 Å². The molecule has 0 spiro atoms. The zero-order valence-electron chi connectivity index (χ0n) is 18.1. The Morgan fingerprint density at radius 3 is 2.52 bits per heavy atom. The van der Waals surface area contributed by atoms with Crippen LogP contribution in [0.1, 0.15) is 12.8 Å². The van der Waals surface area contributed by atoms with Gasteiger partial charge in [0.2, 0.25) is 0 Å². The molecule has 174 valence electrons. The summed E-state index contributed by atoms with van der Waals surface area (Å²) >= 11 is 0. The summed E-state index contributed by atoms with van der Waals surface area (Å²) < 4.78 is 28.8. The van der Waals surface area contributed by atoms with Gasteiger partial charge in [-0.3, -0.25) is 4.90 Å². The minimum atomic E-state index is -3.72. The van der Waals surface area contributed by atoms with Crippen LogP contribution in [-0.2, 0) is 10.0 Å². The minimum Gasteiger partial charge on any atom is -0.369 e. The van der Waals surface area contributed by atoms with Crippen LogP contribution in [0.4, 0.5) is 5.69 Å². The Morgan fingerprint density at radius 1 is 0.818 bits per heavy atom. The first-order valence-corrected chi connectivity index (χ1v) is 12.4. The number of nitrogens with zero attached hydrogens (tertiary/aromatic N) is 3. The molecular weight excluding hydrogens is 477 g/mol. The molecule has 0 amide bonds. The first-order chi connectivity index (χ1) is 15.1. The van der Waals surface area contributed by atoms with Crippen LogP contribution >= 0.6 is 24.8 Å². The molecule has 1 unspecified atom stereocenters. The monoisotopic (exact) mass is 503 g/mol. The maximum absolute atomic E-state index is 13.7. The van der Waals surface area contributed by atoms with Gasteiger partial charge < -0.3 is 4.90 Å². The highest BCUT2D eigenvalue weighted by molar-refractivity contribution is 7.90. The SMILES string of the molecule is Cl.Cl.O=S(=O)(c1cccc2ccccc12)n1ccc2ccc(N3CCN4CCCC4C3)cc21.